The van der Waals surface area contributed by atoms with Gasteiger partial charge < -0.3 is 14.6 Å². The summed E-state index contributed by atoms with van der Waals surface area (Å²) in [4.78, 5) is 12.3. The average Bonchev–Trinajstić information content (AvgIpc) is 2.54. The number of rotatable bonds is 5. The Labute approximate surface area is 134 Å². The fourth-order valence-corrected chi connectivity index (χ4v) is 3.89. The van der Waals surface area contributed by atoms with Crippen molar-refractivity contribution in [1.82, 2.24) is 0 Å². The second-order valence-electron chi connectivity index (χ2n) is 5.45. The van der Waals surface area contributed by atoms with Gasteiger partial charge in [0.05, 0.1) is 24.5 Å². The largest absolute Gasteiger partial charge is 0.492 e. The van der Waals surface area contributed by atoms with Crippen molar-refractivity contribution in [1.29, 1.82) is 0 Å². The summed E-state index contributed by atoms with van der Waals surface area (Å²) in [6, 6.07) is 1.31. The van der Waals surface area contributed by atoms with Crippen molar-refractivity contribution in [3.05, 3.63) is 17.4 Å². The van der Waals surface area contributed by atoms with Crippen molar-refractivity contribution in [3.8, 4) is 11.5 Å². The minimum Gasteiger partial charge on any atom is -0.492 e. The van der Waals surface area contributed by atoms with Crippen LogP contribution in [0.25, 0.3) is 0 Å². The molecule has 0 bridgehead atoms. The molecule has 122 valence electrons. The summed E-state index contributed by atoms with van der Waals surface area (Å²) in [5.41, 5.74) is -0.719. The van der Waals surface area contributed by atoms with Gasteiger partial charge in [0.2, 0.25) is 0 Å². The normalized spacial score (nSPS) is 17.1. The van der Waals surface area contributed by atoms with Gasteiger partial charge in [0.15, 0.2) is 11.5 Å². The van der Waals surface area contributed by atoms with E-state index in [1.54, 1.807) is 6.26 Å². The van der Waals surface area contributed by atoms with Gasteiger partial charge in [-0.15, -0.1) is 11.8 Å². The van der Waals surface area contributed by atoms with Gasteiger partial charge in [0, 0.05) is 5.56 Å². The first-order valence-corrected chi connectivity index (χ1v) is 8.46. The van der Waals surface area contributed by atoms with Crippen molar-refractivity contribution in [2.75, 3.05) is 20.5 Å². The maximum absolute atomic E-state index is 14.5. The zero-order valence-corrected chi connectivity index (χ0v) is 13.9. The average molecular weight is 328 g/mol. The van der Waals surface area contributed by atoms with E-state index in [4.69, 9.17) is 9.47 Å². The van der Waals surface area contributed by atoms with E-state index in [-0.39, 0.29) is 5.75 Å². The van der Waals surface area contributed by atoms with Crippen molar-refractivity contribution in [3.63, 3.8) is 0 Å². The van der Waals surface area contributed by atoms with E-state index in [1.807, 2.05) is 0 Å². The molecule has 0 amide bonds. The number of hydrogen-bond acceptors (Lipinski definition) is 4. The van der Waals surface area contributed by atoms with Crippen LogP contribution in [0.2, 0.25) is 0 Å². The number of ether oxygens (including phenoxy) is 2. The molecule has 0 saturated heterocycles. The van der Waals surface area contributed by atoms with Gasteiger partial charge in [-0.1, -0.05) is 19.3 Å². The maximum atomic E-state index is 14.5. The SMILES string of the molecule is COc1c(C2(C(=O)O)CCCCC2)cc(F)c(SC)c1OC. The van der Waals surface area contributed by atoms with E-state index in [9.17, 15) is 14.3 Å². The molecule has 4 nitrogen and oxygen atoms in total. The van der Waals surface area contributed by atoms with E-state index in [0.29, 0.717) is 29.1 Å². The number of halogens is 1. The molecule has 0 spiro atoms. The molecule has 1 aromatic carbocycles. The summed E-state index contributed by atoms with van der Waals surface area (Å²) in [5, 5.41) is 9.82. The van der Waals surface area contributed by atoms with E-state index in [1.165, 1.54) is 32.0 Å². The molecule has 1 saturated carbocycles. The van der Waals surface area contributed by atoms with Crippen LogP contribution in [0.3, 0.4) is 0 Å². The standard InChI is InChI=1S/C16H21FO4S/c1-20-12-10(9-11(17)14(22-3)13(12)21-2)16(15(18)19)7-5-4-6-8-16/h9H,4-8H2,1-3H3,(H,18,19). The molecular weight excluding hydrogens is 307 g/mol. The van der Waals surface area contributed by atoms with Gasteiger partial charge in [-0.2, -0.15) is 0 Å². The fraction of sp³-hybridized carbons (Fsp3) is 0.562. The monoisotopic (exact) mass is 328 g/mol. The molecule has 1 aliphatic carbocycles. The highest BCUT2D eigenvalue weighted by atomic mass is 32.2. The predicted octanol–water partition coefficient (Wildman–Crippen LogP) is 3.85. The van der Waals surface area contributed by atoms with Crippen LogP contribution in [0, 0.1) is 5.82 Å². The fourth-order valence-electron chi connectivity index (χ4n) is 3.28. The van der Waals surface area contributed by atoms with Crippen LogP contribution >= 0.6 is 11.8 Å². The molecule has 0 radical (unpaired) electrons. The quantitative estimate of drug-likeness (QED) is 0.832. The Morgan fingerprint density at radius 3 is 2.27 bits per heavy atom. The second-order valence-corrected chi connectivity index (χ2v) is 6.27. The molecule has 22 heavy (non-hydrogen) atoms. The van der Waals surface area contributed by atoms with Crippen LogP contribution < -0.4 is 9.47 Å². The minimum absolute atomic E-state index is 0.274. The third-order valence-electron chi connectivity index (χ3n) is 4.39. The molecule has 0 unspecified atom stereocenters. The Morgan fingerprint density at radius 2 is 1.82 bits per heavy atom. The van der Waals surface area contributed by atoms with E-state index in [2.05, 4.69) is 0 Å². The van der Waals surface area contributed by atoms with Gasteiger partial charge in [-0.3, -0.25) is 4.79 Å². The molecule has 1 fully saturated rings. The first-order chi connectivity index (χ1) is 10.5. The van der Waals surface area contributed by atoms with Gasteiger partial charge in [0.1, 0.15) is 5.82 Å². The number of carbonyl (C=O) groups is 1. The van der Waals surface area contributed by atoms with Crippen LogP contribution in [0.15, 0.2) is 11.0 Å². The molecule has 2 rings (SSSR count). The lowest BCUT2D eigenvalue weighted by Gasteiger charge is -2.35. The zero-order valence-electron chi connectivity index (χ0n) is 13.1. The van der Waals surface area contributed by atoms with Crippen LogP contribution in [-0.2, 0) is 10.2 Å². The summed E-state index contributed by atoms with van der Waals surface area (Å²) in [6.45, 7) is 0. The molecular formula is C16H21FO4S. The molecule has 1 aromatic rings. The van der Waals surface area contributed by atoms with Crippen LogP contribution in [0.1, 0.15) is 37.7 Å². The lowest BCUT2D eigenvalue weighted by atomic mass is 9.69. The lowest BCUT2D eigenvalue weighted by Crippen LogP contribution is -2.38. The minimum atomic E-state index is -1.10. The van der Waals surface area contributed by atoms with E-state index in [0.717, 1.165) is 19.3 Å². The van der Waals surface area contributed by atoms with E-state index >= 15 is 0 Å². The van der Waals surface area contributed by atoms with Crippen molar-refractivity contribution < 1.29 is 23.8 Å². The van der Waals surface area contributed by atoms with Crippen molar-refractivity contribution in [2.24, 2.45) is 0 Å². The Morgan fingerprint density at radius 1 is 1.23 bits per heavy atom. The Hall–Kier alpha value is -1.43. The summed E-state index contributed by atoms with van der Waals surface area (Å²) in [7, 11) is 2.90. The lowest BCUT2D eigenvalue weighted by molar-refractivity contribution is -0.145. The molecule has 1 N–H and O–H groups in total. The molecule has 6 heteroatoms. The zero-order chi connectivity index (χ0) is 16.3. The highest BCUT2D eigenvalue weighted by Crippen LogP contribution is 2.50. The molecule has 0 heterocycles. The molecule has 0 atom stereocenters. The number of hydrogen-bond donors (Lipinski definition) is 1. The van der Waals surface area contributed by atoms with Crippen LogP contribution in [0.4, 0.5) is 4.39 Å². The molecule has 0 aromatic heterocycles. The number of carboxylic acids is 1. The van der Waals surface area contributed by atoms with Crippen LogP contribution in [0.5, 0.6) is 11.5 Å². The van der Waals surface area contributed by atoms with Gasteiger partial charge in [0.25, 0.3) is 0 Å². The number of aliphatic carboxylic acids is 1. The summed E-state index contributed by atoms with van der Waals surface area (Å²) in [6.07, 6.45) is 5.33. The Balaban J connectivity index is 2.72. The first kappa shape index (κ1) is 16.9. The van der Waals surface area contributed by atoms with Gasteiger partial charge >= 0.3 is 5.97 Å². The topological polar surface area (TPSA) is 55.8 Å². The highest BCUT2D eigenvalue weighted by molar-refractivity contribution is 7.98. The number of carboxylic acid groups (broad SMARTS) is 1. The second kappa shape index (κ2) is 6.77. The summed E-state index contributed by atoms with van der Waals surface area (Å²) in [5.74, 6) is -0.788. The highest BCUT2D eigenvalue weighted by Gasteiger charge is 2.45. The summed E-state index contributed by atoms with van der Waals surface area (Å²) < 4.78 is 25.2. The Kier molecular flexibility index (Phi) is 5.21. The number of thioether (sulfide) groups is 1. The maximum Gasteiger partial charge on any atom is 0.314 e. The first-order valence-electron chi connectivity index (χ1n) is 7.24. The third kappa shape index (κ3) is 2.64. The third-order valence-corrected chi connectivity index (χ3v) is 5.18. The van der Waals surface area contributed by atoms with Gasteiger partial charge in [-0.05, 0) is 25.2 Å². The van der Waals surface area contributed by atoms with Crippen LogP contribution in [-0.4, -0.2) is 31.6 Å². The molecule has 0 aliphatic heterocycles. The Bertz CT molecular complexity index is 568. The van der Waals surface area contributed by atoms with Gasteiger partial charge in [-0.25, -0.2) is 4.39 Å². The smallest absolute Gasteiger partial charge is 0.314 e. The number of methoxy groups -OCH3 is 2. The molecule has 1 aliphatic rings. The predicted molar refractivity (Wildman–Crippen MR) is 83.7 cm³/mol. The van der Waals surface area contributed by atoms with Crippen molar-refractivity contribution in [2.45, 2.75) is 42.4 Å². The summed E-state index contributed by atoms with van der Waals surface area (Å²) >= 11 is 1.21. The van der Waals surface area contributed by atoms with Crippen molar-refractivity contribution >= 4 is 17.7 Å². The number of benzene rings is 1. The van der Waals surface area contributed by atoms with E-state index < -0.39 is 17.2 Å².